The van der Waals surface area contributed by atoms with Gasteiger partial charge in [-0.1, -0.05) is 24.3 Å². The van der Waals surface area contributed by atoms with E-state index in [0.29, 0.717) is 6.54 Å². The number of carbonyl (C=O) groups is 1. The molecule has 1 aliphatic heterocycles. The second kappa shape index (κ2) is 5.38. The van der Waals surface area contributed by atoms with E-state index in [1.807, 2.05) is 0 Å². The Morgan fingerprint density at radius 2 is 2.00 bits per heavy atom. The second-order valence-corrected chi connectivity index (χ2v) is 4.93. The molecular formula is C15H15N3O2. The Labute approximate surface area is 116 Å². The molecular weight excluding hydrogens is 254 g/mol. The Morgan fingerprint density at radius 1 is 1.20 bits per heavy atom. The predicted octanol–water partition coefficient (Wildman–Crippen LogP) is 1.73. The number of carboxylic acid groups (broad SMARTS) is 1. The van der Waals surface area contributed by atoms with E-state index in [0.717, 1.165) is 25.2 Å². The molecule has 0 atom stereocenters. The number of fused-ring (bicyclic) bond motifs is 1. The molecule has 1 aromatic carbocycles. The molecule has 0 radical (unpaired) electrons. The summed E-state index contributed by atoms with van der Waals surface area (Å²) < 4.78 is 0. The number of benzene rings is 1. The van der Waals surface area contributed by atoms with E-state index in [1.165, 1.54) is 17.3 Å². The number of nitrogens with zero attached hydrogens (tertiary/aromatic N) is 3. The number of rotatable bonds is 3. The highest BCUT2D eigenvalue weighted by atomic mass is 16.4. The van der Waals surface area contributed by atoms with Crippen molar-refractivity contribution in [2.45, 2.75) is 19.5 Å². The molecule has 0 spiro atoms. The first-order valence-electron chi connectivity index (χ1n) is 6.56. The van der Waals surface area contributed by atoms with Crippen LogP contribution in [0.5, 0.6) is 0 Å². The topological polar surface area (TPSA) is 66.3 Å². The smallest absolute Gasteiger partial charge is 0.356 e. The van der Waals surface area contributed by atoms with Crippen LogP contribution in [-0.4, -0.2) is 32.5 Å². The van der Waals surface area contributed by atoms with Crippen molar-refractivity contribution in [3.8, 4) is 0 Å². The lowest BCUT2D eigenvalue weighted by molar-refractivity contribution is 0.0690. The SMILES string of the molecule is O=C(O)c1cnc(CN2CCc3ccccc3C2)cn1. The Kier molecular flexibility index (Phi) is 3.43. The molecule has 5 nitrogen and oxygen atoms in total. The monoisotopic (exact) mass is 269 g/mol. The second-order valence-electron chi connectivity index (χ2n) is 4.93. The van der Waals surface area contributed by atoms with Crippen LogP contribution in [0, 0.1) is 0 Å². The van der Waals surface area contributed by atoms with Crippen LogP contribution in [-0.2, 0) is 19.5 Å². The van der Waals surface area contributed by atoms with Gasteiger partial charge in [-0.2, -0.15) is 0 Å². The molecule has 0 saturated carbocycles. The zero-order valence-corrected chi connectivity index (χ0v) is 11.0. The lowest BCUT2D eigenvalue weighted by Gasteiger charge is -2.28. The Morgan fingerprint density at radius 3 is 2.70 bits per heavy atom. The molecule has 1 aromatic heterocycles. The van der Waals surface area contributed by atoms with Crippen molar-refractivity contribution in [2.24, 2.45) is 0 Å². The van der Waals surface area contributed by atoms with E-state index in [1.54, 1.807) is 6.20 Å². The van der Waals surface area contributed by atoms with Crippen LogP contribution >= 0.6 is 0 Å². The van der Waals surface area contributed by atoms with Gasteiger partial charge in [-0.15, -0.1) is 0 Å². The predicted molar refractivity (Wildman–Crippen MR) is 73.3 cm³/mol. The maximum Gasteiger partial charge on any atom is 0.356 e. The molecule has 5 heteroatoms. The summed E-state index contributed by atoms with van der Waals surface area (Å²) in [4.78, 5) is 21.1. The third kappa shape index (κ3) is 2.67. The van der Waals surface area contributed by atoms with E-state index in [-0.39, 0.29) is 5.69 Å². The number of aromatic nitrogens is 2. The molecule has 20 heavy (non-hydrogen) atoms. The molecule has 1 aliphatic rings. The van der Waals surface area contributed by atoms with Gasteiger partial charge < -0.3 is 5.11 Å². The lowest BCUT2D eigenvalue weighted by Crippen LogP contribution is -2.30. The van der Waals surface area contributed by atoms with Gasteiger partial charge in [0.15, 0.2) is 5.69 Å². The van der Waals surface area contributed by atoms with Crippen LogP contribution in [0.15, 0.2) is 36.7 Å². The molecule has 3 rings (SSSR count). The molecule has 0 fully saturated rings. The zero-order chi connectivity index (χ0) is 13.9. The number of hydrogen-bond donors (Lipinski definition) is 1. The minimum absolute atomic E-state index is 0.0160. The first kappa shape index (κ1) is 12.7. The molecule has 102 valence electrons. The lowest BCUT2D eigenvalue weighted by atomic mass is 10.00. The minimum atomic E-state index is -1.05. The van der Waals surface area contributed by atoms with Gasteiger partial charge >= 0.3 is 5.97 Å². The first-order chi connectivity index (χ1) is 9.72. The standard InChI is InChI=1S/C15H15N3O2/c19-15(20)14-8-16-13(7-17-14)10-18-6-5-11-3-1-2-4-12(11)9-18/h1-4,7-8H,5-6,9-10H2,(H,19,20). The molecule has 0 amide bonds. The van der Waals surface area contributed by atoms with Crippen LogP contribution < -0.4 is 0 Å². The molecule has 0 unspecified atom stereocenters. The fourth-order valence-corrected chi connectivity index (χ4v) is 2.47. The van der Waals surface area contributed by atoms with Crippen LogP contribution in [0.1, 0.15) is 27.3 Å². The van der Waals surface area contributed by atoms with Gasteiger partial charge in [0.1, 0.15) is 0 Å². The van der Waals surface area contributed by atoms with Gasteiger partial charge in [0.05, 0.1) is 18.1 Å². The van der Waals surface area contributed by atoms with Gasteiger partial charge in [0.2, 0.25) is 0 Å². The normalized spacial score (nSPS) is 14.8. The van der Waals surface area contributed by atoms with Crippen molar-refractivity contribution in [3.05, 3.63) is 59.2 Å². The quantitative estimate of drug-likeness (QED) is 0.919. The Balaban J connectivity index is 1.69. The summed E-state index contributed by atoms with van der Waals surface area (Å²) in [5.74, 6) is -1.05. The number of carboxylic acids is 1. The van der Waals surface area contributed by atoms with Crippen LogP contribution in [0.3, 0.4) is 0 Å². The average molecular weight is 269 g/mol. The number of hydrogen-bond acceptors (Lipinski definition) is 4. The summed E-state index contributed by atoms with van der Waals surface area (Å²) in [7, 11) is 0. The van der Waals surface area contributed by atoms with Gasteiger partial charge in [0.25, 0.3) is 0 Å². The van der Waals surface area contributed by atoms with Crippen molar-refractivity contribution >= 4 is 5.97 Å². The molecule has 0 bridgehead atoms. The maximum absolute atomic E-state index is 10.7. The van der Waals surface area contributed by atoms with E-state index in [4.69, 9.17) is 5.11 Å². The van der Waals surface area contributed by atoms with Crippen LogP contribution in [0.2, 0.25) is 0 Å². The average Bonchev–Trinajstić information content (AvgIpc) is 2.48. The van der Waals surface area contributed by atoms with Gasteiger partial charge in [-0.3, -0.25) is 9.88 Å². The minimum Gasteiger partial charge on any atom is -0.476 e. The maximum atomic E-state index is 10.7. The van der Waals surface area contributed by atoms with E-state index in [2.05, 4.69) is 39.1 Å². The Bertz CT molecular complexity index is 625. The summed E-state index contributed by atoms with van der Waals surface area (Å²) >= 11 is 0. The van der Waals surface area contributed by atoms with E-state index < -0.39 is 5.97 Å². The molecule has 2 heterocycles. The molecule has 0 saturated heterocycles. The van der Waals surface area contributed by atoms with Crippen molar-refractivity contribution in [1.29, 1.82) is 0 Å². The Hall–Kier alpha value is -2.27. The fraction of sp³-hybridized carbons (Fsp3) is 0.267. The van der Waals surface area contributed by atoms with Crippen molar-refractivity contribution in [1.82, 2.24) is 14.9 Å². The van der Waals surface area contributed by atoms with Gasteiger partial charge in [-0.05, 0) is 17.5 Å². The van der Waals surface area contributed by atoms with Gasteiger partial charge in [0, 0.05) is 19.6 Å². The van der Waals surface area contributed by atoms with Crippen LogP contribution in [0.4, 0.5) is 0 Å². The zero-order valence-electron chi connectivity index (χ0n) is 11.0. The van der Waals surface area contributed by atoms with Crippen LogP contribution in [0.25, 0.3) is 0 Å². The highest BCUT2D eigenvalue weighted by Crippen LogP contribution is 2.19. The third-order valence-corrected chi connectivity index (χ3v) is 3.52. The summed E-state index contributed by atoms with van der Waals surface area (Å²) in [5, 5.41) is 8.79. The van der Waals surface area contributed by atoms with E-state index >= 15 is 0 Å². The molecule has 1 N–H and O–H groups in total. The number of aromatic carboxylic acids is 1. The van der Waals surface area contributed by atoms with Gasteiger partial charge in [-0.25, -0.2) is 9.78 Å². The largest absolute Gasteiger partial charge is 0.476 e. The summed E-state index contributed by atoms with van der Waals surface area (Å²) in [6, 6.07) is 8.46. The highest BCUT2D eigenvalue weighted by molar-refractivity contribution is 5.84. The highest BCUT2D eigenvalue weighted by Gasteiger charge is 2.16. The summed E-state index contributed by atoms with van der Waals surface area (Å²) in [6.45, 7) is 2.58. The molecule has 0 aliphatic carbocycles. The van der Waals surface area contributed by atoms with E-state index in [9.17, 15) is 4.79 Å². The van der Waals surface area contributed by atoms with Crippen molar-refractivity contribution in [2.75, 3.05) is 6.54 Å². The van der Waals surface area contributed by atoms with Crippen molar-refractivity contribution in [3.63, 3.8) is 0 Å². The summed E-state index contributed by atoms with van der Waals surface area (Å²) in [6.07, 6.45) is 3.90. The van der Waals surface area contributed by atoms with Crippen molar-refractivity contribution < 1.29 is 9.90 Å². The summed E-state index contributed by atoms with van der Waals surface area (Å²) in [5.41, 5.74) is 3.55. The third-order valence-electron chi connectivity index (χ3n) is 3.52. The molecule has 2 aromatic rings. The first-order valence-corrected chi connectivity index (χ1v) is 6.56. The fourth-order valence-electron chi connectivity index (χ4n) is 2.47.